The molecular weight excluding hydrogens is 157 g/mol. The van der Waals surface area contributed by atoms with Gasteiger partial charge in [-0.3, -0.25) is 4.90 Å². The van der Waals surface area contributed by atoms with Gasteiger partial charge in [0.1, 0.15) is 6.67 Å². The van der Waals surface area contributed by atoms with Crippen molar-refractivity contribution in [3.8, 4) is 0 Å². The molecule has 0 amide bonds. The number of methoxy groups -OCH3 is 1. The fourth-order valence-electron chi connectivity index (χ4n) is 1.65. The van der Waals surface area contributed by atoms with Crippen LogP contribution < -0.4 is 0 Å². The van der Waals surface area contributed by atoms with Gasteiger partial charge in [0.05, 0.1) is 6.10 Å². The average Bonchev–Trinajstić information content (AvgIpc) is 2.17. The van der Waals surface area contributed by atoms with E-state index in [0.717, 1.165) is 25.9 Å². The van der Waals surface area contributed by atoms with E-state index in [-0.39, 0.29) is 12.7 Å². The van der Waals surface area contributed by atoms with E-state index in [4.69, 9.17) is 4.74 Å². The Morgan fingerprint density at radius 2 is 2.08 bits per heavy atom. The summed E-state index contributed by atoms with van der Waals surface area (Å²) in [5.41, 5.74) is 0. The van der Waals surface area contributed by atoms with Gasteiger partial charge in [-0.1, -0.05) is 0 Å². The van der Waals surface area contributed by atoms with Crippen LogP contribution >= 0.6 is 0 Å². The fraction of sp³-hybridized carbons (Fsp3) is 1.00. The maximum Gasteiger partial charge on any atom is 0.105 e. The molecular formula is C9H18FNO. The lowest BCUT2D eigenvalue weighted by atomic mass is 10.1. The van der Waals surface area contributed by atoms with Crippen molar-refractivity contribution in [1.82, 2.24) is 4.90 Å². The molecule has 2 nitrogen and oxygen atoms in total. The highest BCUT2D eigenvalue weighted by atomic mass is 19.1. The third kappa shape index (κ3) is 2.42. The van der Waals surface area contributed by atoms with E-state index in [2.05, 4.69) is 4.90 Å². The minimum Gasteiger partial charge on any atom is -0.381 e. The summed E-state index contributed by atoms with van der Waals surface area (Å²) in [4.78, 5) is 2.19. The monoisotopic (exact) mass is 175 g/mol. The molecule has 3 heteroatoms. The van der Waals surface area contributed by atoms with Crippen LogP contribution in [0.15, 0.2) is 0 Å². The Balaban J connectivity index is 2.25. The van der Waals surface area contributed by atoms with Gasteiger partial charge >= 0.3 is 0 Å². The Hall–Kier alpha value is -0.150. The standard InChI is InChI=1S/C9H18FNO/c1-8(7-10)11-5-3-9(12-2)4-6-11/h8-9H,3-7H2,1-2H3. The number of likely N-dealkylation sites (tertiary alicyclic amines) is 1. The molecule has 1 rings (SSSR count). The predicted octanol–water partition coefficient (Wildman–Crippen LogP) is 1.46. The maximum absolute atomic E-state index is 12.3. The summed E-state index contributed by atoms with van der Waals surface area (Å²) in [6, 6.07) is 0.0859. The smallest absolute Gasteiger partial charge is 0.105 e. The third-order valence-electron chi connectivity index (χ3n) is 2.66. The molecule has 1 aliphatic heterocycles. The Kier molecular flexibility index (Phi) is 3.95. The van der Waals surface area contributed by atoms with Crippen molar-refractivity contribution in [3.05, 3.63) is 0 Å². The van der Waals surface area contributed by atoms with Crippen LogP contribution in [0, 0.1) is 0 Å². The molecule has 1 saturated heterocycles. The minimum absolute atomic E-state index is 0.0859. The maximum atomic E-state index is 12.3. The highest BCUT2D eigenvalue weighted by Gasteiger charge is 2.21. The molecule has 0 aliphatic carbocycles. The molecule has 1 heterocycles. The molecule has 0 N–H and O–H groups in total. The van der Waals surface area contributed by atoms with Gasteiger partial charge in [0.2, 0.25) is 0 Å². The number of halogens is 1. The molecule has 1 atom stereocenters. The Morgan fingerprint density at radius 1 is 1.50 bits per heavy atom. The molecule has 0 aromatic rings. The molecule has 0 spiro atoms. The van der Waals surface area contributed by atoms with Crippen molar-refractivity contribution < 1.29 is 9.13 Å². The van der Waals surface area contributed by atoms with Crippen LogP contribution in [0.4, 0.5) is 4.39 Å². The van der Waals surface area contributed by atoms with Gasteiger partial charge in [0.25, 0.3) is 0 Å². The first-order valence-electron chi connectivity index (χ1n) is 4.60. The number of rotatable bonds is 3. The minimum atomic E-state index is -0.238. The first kappa shape index (κ1) is 9.93. The SMILES string of the molecule is COC1CCN(C(C)CF)CC1. The van der Waals surface area contributed by atoms with Crippen molar-refractivity contribution in [1.29, 1.82) is 0 Å². The van der Waals surface area contributed by atoms with Gasteiger partial charge < -0.3 is 4.74 Å². The van der Waals surface area contributed by atoms with Crippen LogP contribution in [0.1, 0.15) is 19.8 Å². The van der Waals surface area contributed by atoms with Crippen LogP contribution in [-0.4, -0.2) is 43.9 Å². The first-order valence-corrected chi connectivity index (χ1v) is 4.60. The second kappa shape index (κ2) is 4.77. The van der Waals surface area contributed by atoms with Crippen molar-refractivity contribution in [2.75, 3.05) is 26.9 Å². The predicted molar refractivity (Wildman–Crippen MR) is 47.0 cm³/mol. The normalized spacial score (nSPS) is 24.2. The van der Waals surface area contributed by atoms with Gasteiger partial charge in [-0.2, -0.15) is 0 Å². The summed E-state index contributed by atoms with van der Waals surface area (Å²) in [7, 11) is 1.75. The molecule has 0 radical (unpaired) electrons. The summed E-state index contributed by atoms with van der Waals surface area (Å²) in [6.07, 6.45) is 2.48. The lowest BCUT2D eigenvalue weighted by molar-refractivity contribution is 0.0262. The number of hydrogen-bond acceptors (Lipinski definition) is 2. The van der Waals surface area contributed by atoms with Crippen molar-refractivity contribution in [2.24, 2.45) is 0 Å². The zero-order valence-corrected chi connectivity index (χ0v) is 7.92. The third-order valence-corrected chi connectivity index (χ3v) is 2.66. The van der Waals surface area contributed by atoms with Gasteiger partial charge in [-0.25, -0.2) is 4.39 Å². The summed E-state index contributed by atoms with van der Waals surface area (Å²) in [6.45, 7) is 3.65. The number of piperidine rings is 1. The zero-order chi connectivity index (χ0) is 8.97. The van der Waals surface area contributed by atoms with Gasteiger partial charge in [-0.05, 0) is 19.8 Å². The van der Waals surface area contributed by atoms with E-state index >= 15 is 0 Å². The summed E-state index contributed by atoms with van der Waals surface area (Å²) in [5, 5.41) is 0. The lowest BCUT2D eigenvalue weighted by Crippen LogP contribution is -2.42. The number of ether oxygens (including phenoxy) is 1. The zero-order valence-electron chi connectivity index (χ0n) is 7.92. The molecule has 72 valence electrons. The van der Waals surface area contributed by atoms with Gasteiger partial charge in [0.15, 0.2) is 0 Å². The van der Waals surface area contributed by atoms with E-state index in [1.54, 1.807) is 7.11 Å². The van der Waals surface area contributed by atoms with E-state index in [1.807, 2.05) is 6.92 Å². The van der Waals surface area contributed by atoms with Crippen LogP contribution in [0.3, 0.4) is 0 Å². The molecule has 0 aromatic heterocycles. The Labute approximate surface area is 73.7 Å². The van der Waals surface area contributed by atoms with Crippen molar-refractivity contribution in [3.63, 3.8) is 0 Å². The number of hydrogen-bond donors (Lipinski definition) is 0. The van der Waals surface area contributed by atoms with Crippen LogP contribution in [0.2, 0.25) is 0 Å². The van der Waals surface area contributed by atoms with Crippen molar-refractivity contribution in [2.45, 2.75) is 31.9 Å². The molecule has 0 aromatic carbocycles. The van der Waals surface area contributed by atoms with E-state index in [9.17, 15) is 4.39 Å². The summed E-state index contributed by atoms with van der Waals surface area (Å²) >= 11 is 0. The van der Waals surface area contributed by atoms with Crippen LogP contribution in [0.5, 0.6) is 0 Å². The Bertz CT molecular complexity index is 124. The lowest BCUT2D eigenvalue weighted by Gasteiger charge is -2.34. The molecule has 0 saturated carbocycles. The fourth-order valence-corrected chi connectivity index (χ4v) is 1.65. The average molecular weight is 175 g/mol. The highest BCUT2D eigenvalue weighted by Crippen LogP contribution is 2.15. The highest BCUT2D eigenvalue weighted by molar-refractivity contribution is 4.75. The summed E-state index contributed by atoms with van der Waals surface area (Å²) in [5.74, 6) is 0. The van der Waals surface area contributed by atoms with E-state index in [1.165, 1.54) is 0 Å². The van der Waals surface area contributed by atoms with Crippen LogP contribution in [0.25, 0.3) is 0 Å². The van der Waals surface area contributed by atoms with E-state index in [0.29, 0.717) is 6.10 Å². The molecule has 1 unspecified atom stereocenters. The van der Waals surface area contributed by atoms with Gasteiger partial charge in [-0.15, -0.1) is 0 Å². The van der Waals surface area contributed by atoms with Gasteiger partial charge in [0, 0.05) is 26.2 Å². The second-order valence-corrected chi connectivity index (χ2v) is 3.47. The topological polar surface area (TPSA) is 12.5 Å². The van der Waals surface area contributed by atoms with Crippen molar-refractivity contribution >= 4 is 0 Å². The van der Waals surface area contributed by atoms with Crippen LogP contribution in [-0.2, 0) is 4.74 Å². The largest absolute Gasteiger partial charge is 0.381 e. The number of alkyl halides is 1. The van der Waals surface area contributed by atoms with E-state index < -0.39 is 0 Å². The first-order chi connectivity index (χ1) is 5.77. The summed E-state index contributed by atoms with van der Waals surface area (Å²) < 4.78 is 17.5. The molecule has 1 fully saturated rings. The quantitative estimate of drug-likeness (QED) is 0.644. The Morgan fingerprint density at radius 3 is 2.50 bits per heavy atom. The molecule has 1 aliphatic rings. The molecule has 12 heavy (non-hydrogen) atoms. The second-order valence-electron chi connectivity index (χ2n) is 3.47. The number of nitrogens with zero attached hydrogens (tertiary/aromatic N) is 1. The molecule has 0 bridgehead atoms.